The lowest BCUT2D eigenvalue weighted by atomic mass is 9.87. The molecule has 25 heavy (non-hydrogen) atoms. The minimum atomic E-state index is -1.34. The Morgan fingerprint density at radius 1 is 1.24 bits per heavy atom. The zero-order valence-electron chi connectivity index (χ0n) is 14.9. The van der Waals surface area contributed by atoms with Crippen LogP contribution >= 0.6 is 0 Å². The highest BCUT2D eigenvalue weighted by Crippen LogP contribution is 2.19. The molecule has 2 amide bonds. The van der Waals surface area contributed by atoms with Gasteiger partial charge in [0, 0.05) is 24.9 Å². The molecular formula is C18H27FN2O4. The second-order valence-electron chi connectivity index (χ2n) is 6.79. The number of rotatable bonds is 9. The molecule has 4 N–H and O–H groups in total. The van der Waals surface area contributed by atoms with Crippen molar-refractivity contribution in [2.75, 3.05) is 19.7 Å². The molecule has 1 aromatic carbocycles. The molecule has 0 aromatic heterocycles. The highest BCUT2D eigenvalue weighted by molar-refractivity contribution is 5.81. The molecule has 1 atom stereocenters. The quantitative estimate of drug-likeness (QED) is 0.490. The van der Waals surface area contributed by atoms with E-state index in [-0.39, 0.29) is 37.8 Å². The van der Waals surface area contributed by atoms with Crippen LogP contribution < -0.4 is 10.6 Å². The molecule has 0 aliphatic rings. The van der Waals surface area contributed by atoms with E-state index in [4.69, 9.17) is 5.11 Å². The van der Waals surface area contributed by atoms with E-state index in [1.165, 1.54) is 6.07 Å². The van der Waals surface area contributed by atoms with Crippen LogP contribution in [-0.4, -0.2) is 47.8 Å². The number of amides is 2. The van der Waals surface area contributed by atoms with Gasteiger partial charge in [-0.3, -0.25) is 9.59 Å². The van der Waals surface area contributed by atoms with Gasteiger partial charge in [0.1, 0.15) is 11.9 Å². The highest BCUT2D eigenvalue weighted by Gasteiger charge is 2.32. The van der Waals surface area contributed by atoms with E-state index < -0.39 is 17.4 Å². The van der Waals surface area contributed by atoms with E-state index in [1.54, 1.807) is 32.9 Å². The Kier molecular flexibility index (Phi) is 7.99. The van der Waals surface area contributed by atoms with E-state index in [2.05, 4.69) is 10.6 Å². The molecule has 6 nitrogen and oxygen atoms in total. The van der Waals surface area contributed by atoms with E-state index in [9.17, 15) is 19.1 Å². The first-order chi connectivity index (χ1) is 11.7. The lowest BCUT2D eigenvalue weighted by Crippen LogP contribution is -2.47. The fraction of sp³-hybridized carbons (Fsp3) is 0.556. The van der Waals surface area contributed by atoms with Gasteiger partial charge in [0.05, 0.1) is 6.61 Å². The average Bonchev–Trinajstić information content (AvgIpc) is 2.57. The molecule has 0 bridgehead atoms. The monoisotopic (exact) mass is 354 g/mol. The third-order valence-corrected chi connectivity index (χ3v) is 3.97. The van der Waals surface area contributed by atoms with Crippen molar-refractivity contribution in [1.82, 2.24) is 10.6 Å². The summed E-state index contributed by atoms with van der Waals surface area (Å²) in [5, 5.41) is 24.1. The second kappa shape index (κ2) is 9.48. The number of carbonyl (C=O) groups is 2. The van der Waals surface area contributed by atoms with Crippen molar-refractivity contribution in [2.45, 2.75) is 39.7 Å². The number of carbonyl (C=O) groups excluding carboxylic acids is 2. The van der Waals surface area contributed by atoms with Crippen molar-refractivity contribution in [3.05, 3.63) is 35.1 Å². The molecule has 0 saturated heterocycles. The second-order valence-corrected chi connectivity index (χ2v) is 6.79. The van der Waals surface area contributed by atoms with E-state index in [1.807, 2.05) is 0 Å². The third kappa shape index (κ3) is 6.80. The summed E-state index contributed by atoms with van der Waals surface area (Å²) >= 11 is 0. The van der Waals surface area contributed by atoms with Crippen LogP contribution in [0, 0.1) is 18.2 Å². The molecule has 7 heteroatoms. The van der Waals surface area contributed by atoms with Gasteiger partial charge < -0.3 is 20.8 Å². The maximum absolute atomic E-state index is 13.7. The third-order valence-electron chi connectivity index (χ3n) is 3.97. The summed E-state index contributed by atoms with van der Waals surface area (Å²) in [6.07, 6.45) is -0.889. The average molecular weight is 354 g/mol. The standard InChI is InChI=1S/C18H27FN2O4/c1-12-4-5-13(14(19)10-12)6-7-15(23)20-8-9-21-17(25)16(24)18(2,3)11-22/h4-5,10,16,22,24H,6-9,11H2,1-3H3,(H,20,23)(H,21,25)/t16-/m0/s1. The molecule has 140 valence electrons. The van der Waals surface area contributed by atoms with Gasteiger partial charge in [-0.15, -0.1) is 0 Å². The molecule has 0 fully saturated rings. The molecule has 0 saturated carbocycles. The van der Waals surface area contributed by atoms with Gasteiger partial charge in [-0.1, -0.05) is 26.0 Å². The fourth-order valence-electron chi connectivity index (χ4n) is 2.12. The summed E-state index contributed by atoms with van der Waals surface area (Å²) in [7, 11) is 0. The number of hydrogen-bond acceptors (Lipinski definition) is 4. The largest absolute Gasteiger partial charge is 0.396 e. The van der Waals surface area contributed by atoms with E-state index >= 15 is 0 Å². The van der Waals surface area contributed by atoms with Crippen LogP contribution in [0.4, 0.5) is 4.39 Å². The maximum atomic E-state index is 13.7. The molecule has 0 unspecified atom stereocenters. The van der Waals surface area contributed by atoms with Gasteiger partial charge in [0.25, 0.3) is 0 Å². The number of nitrogens with one attached hydrogen (secondary N) is 2. The van der Waals surface area contributed by atoms with Gasteiger partial charge in [-0.25, -0.2) is 4.39 Å². The number of hydrogen-bond donors (Lipinski definition) is 4. The lowest BCUT2D eigenvalue weighted by molar-refractivity contribution is -0.137. The normalized spacial score (nSPS) is 12.6. The topological polar surface area (TPSA) is 98.7 Å². The van der Waals surface area contributed by atoms with Crippen LogP contribution in [-0.2, 0) is 16.0 Å². The summed E-state index contributed by atoms with van der Waals surface area (Å²) in [4.78, 5) is 23.5. The molecule has 1 aromatic rings. The van der Waals surface area contributed by atoms with Gasteiger partial charge in [-0.2, -0.15) is 0 Å². The van der Waals surface area contributed by atoms with Crippen LogP contribution in [0.25, 0.3) is 0 Å². The predicted molar refractivity (Wildman–Crippen MR) is 92.4 cm³/mol. The number of aryl methyl sites for hydroxylation is 2. The first kappa shape index (κ1) is 21.1. The van der Waals surface area contributed by atoms with Crippen LogP contribution in [0.1, 0.15) is 31.4 Å². The Labute approximate surface area is 147 Å². The zero-order valence-corrected chi connectivity index (χ0v) is 14.9. The van der Waals surface area contributed by atoms with Gasteiger partial charge in [0.2, 0.25) is 11.8 Å². The van der Waals surface area contributed by atoms with Crippen molar-refractivity contribution >= 4 is 11.8 Å². The van der Waals surface area contributed by atoms with Gasteiger partial charge >= 0.3 is 0 Å². The predicted octanol–water partition coefficient (Wildman–Crippen LogP) is 0.679. The molecule has 1 rings (SSSR count). The van der Waals surface area contributed by atoms with Crippen LogP contribution in [0.15, 0.2) is 18.2 Å². The Balaban J connectivity index is 2.28. The van der Waals surface area contributed by atoms with Crippen molar-refractivity contribution in [3.8, 4) is 0 Å². The zero-order chi connectivity index (χ0) is 19.0. The maximum Gasteiger partial charge on any atom is 0.249 e. The minimum absolute atomic E-state index is 0.147. The Bertz CT molecular complexity index is 605. The van der Waals surface area contributed by atoms with Crippen molar-refractivity contribution in [2.24, 2.45) is 5.41 Å². The number of benzene rings is 1. The number of aliphatic hydroxyl groups is 2. The molecule has 0 aliphatic carbocycles. The Morgan fingerprint density at radius 3 is 2.48 bits per heavy atom. The van der Waals surface area contributed by atoms with Crippen LogP contribution in [0.3, 0.4) is 0 Å². The summed E-state index contributed by atoms with van der Waals surface area (Å²) in [5.41, 5.74) is 0.377. The smallest absolute Gasteiger partial charge is 0.249 e. The van der Waals surface area contributed by atoms with Crippen molar-refractivity contribution in [1.29, 1.82) is 0 Å². The minimum Gasteiger partial charge on any atom is -0.396 e. The summed E-state index contributed by atoms with van der Waals surface area (Å²) in [6.45, 7) is 4.97. The summed E-state index contributed by atoms with van der Waals surface area (Å²) < 4.78 is 13.7. The molecule has 0 aliphatic heterocycles. The van der Waals surface area contributed by atoms with Gasteiger partial charge in [0.15, 0.2) is 0 Å². The number of halogens is 1. The van der Waals surface area contributed by atoms with Crippen LogP contribution in [0.5, 0.6) is 0 Å². The lowest BCUT2D eigenvalue weighted by Gasteiger charge is -2.27. The van der Waals surface area contributed by atoms with E-state index in [0.717, 1.165) is 5.56 Å². The number of aliphatic hydroxyl groups excluding tert-OH is 2. The SMILES string of the molecule is Cc1ccc(CCC(=O)NCCNC(=O)[C@H](O)C(C)(C)CO)c(F)c1. The Hall–Kier alpha value is -1.99. The van der Waals surface area contributed by atoms with Crippen molar-refractivity contribution < 1.29 is 24.2 Å². The summed E-state index contributed by atoms with van der Waals surface area (Å²) in [5.74, 6) is -1.17. The molecule has 0 heterocycles. The summed E-state index contributed by atoms with van der Waals surface area (Å²) in [6, 6.07) is 4.90. The molecule has 0 radical (unpaired) electrons. The highest BCUT2D eigenvalue weighted by atomic mass is 19.1. The van der Waals surface area contributed by atoms with Gasteiger partial charge in [-0.05, 0) is 30.5 Å². The molecule has 0 spiro atoms. The van der Waals surface area contributed by atoms with E-state index in [0.29, 0.717) is 12.0 Å². The Morgan fingerprint density at radius 2 is 1.88 bits per heavy atom. The van der Waals surface area contributed by atoms with Crippen LogP contribution in [0.2, 0.25) is 0 Å². The van der Waals surface area contributed by atoms with Crippen molar-refractivity contribution in [3.63, 3.8) is 0 Å². The molecular weight excluding hydrogens is 327 g/mol. The first-order valence-corrected chi connectivity index (χ1v) is 8.25. The first-order valence-electron chi connectivity index (χ1n) is 8.25. The fourth-order valence-corrected chi connectivity index (χ4v) is 2.12.